The van der Waals surface area contributed by atoms with Gasteiger partial charge >= 0.3 is 0 Å². The lowest BCUT2D eigenvalue weighted by Crippen LogP contribution is -2.12. The zero-order chi connectivity index (χ0) is 11.5. The summed E-state index contributed by atoms with van der Waals surface area (Å²) in [5.41, 5.74) is 1.19. The molecule has 0 fully saturated rings. The molecule has 0 radical (unpaired) electrons. The molecule has 0 saturated heterocycles. The van der Waals surface area contributed by atoms with E-state index < -0.39 is 0 Å². The van der Waals surface area contributed by atoms with Crippen LogP contribution in [0.5, 0.6) is 0 Å². The first-order chi connectivity index (χ1) is 7.66. The van der Waals surface area contributed by atoms with E-state index in [4.69, 9.17) is 10.1 Å². The van der Waals surface area contributed by atoms with Gasteiger partial charge in [-0.3, -0.25) is 5.41 Å². The van der Waals surface area contributed by atoms with Crippen LogP contribution in [0.1, 0.15) is 19.4 Å². The van der Waals surface area contributed by atoms with Crippen LogP contribution in [0.2, 0.25) is 0 Å². The average Bonchev–Trinajstić information content (AvgIpc) is 2.61. The molecule has 0 aliphatic carbocycles. The number of rotatable bonds is 3. The lowest BCUT2D eigenvalue weighted by atomic mass is 10.1. The second-order valence-corrected chi connectivity index (χ2v) is 4.93. The van der Waals surface area contributed by atoms with Gasteiger partial charge in [0.15, 0.2) is 5.90 Å². The van der Waals surface area contributed by atoms with Gasteiger partial charge in [0.2, 0.25) is 0 Å². The summed E-state index contributed by atoms with van der Waals surface area (Å²) in [4.78, 5) is 0. The highest BCUT2D eigenvalue weighted by atomic mass is 32.1. The fourth-order valence-corrected chi connectivity index (χ4v) is 2.63. The Morgan fingerprint density at radius 3 is 2.88 bits per heavy atom. The van der Waals surface area contributed by atoms with Crippen molar-refractivity contribution < 1.29 is 4.74 Å². The van der Waals surface area contributed by atoms with Gasteiger partial charge in [-0.25, -0.2) is 0 Å². The second-order valence-electron chi connectivity index (χ2n) is 4.02. The van der Waals surface area contributed by atoms with Crippen LogP contribution in [0.25, 0.3) is 10.1 Å². The molecule has 2 aromatic rings. The van der Waals surface area contributed by atoms with Crippen molar-refractivity contribution in [2.24, 2.45) is 0 Å². The zero-order valence-electron chi connectivity index (χ0n) is 9.49. The molecule has 84 valence electrons. The van der Waals surface area contributed by atoms with Crippen molar-refractivity contribution in [3.05, 3.63) is 35.2 Å². The van der Waals surface area contributed by atoms with E-state index in [9.17, 15) is 0 Å². The molecule has 1 N–H and O–H groups in total. The molecule has 0 atom stereocenters. The Morgan fingerprint density at radius 1 is 1.38 bits per heavy atom. The van der Waals surface area contributed by atoms with Crippen molar-refractivity contribution in [2.75, 3.05) is 0 Å². The molecule has 0 unspecified atom stereocenters. The Hall–Kier alpha value is -1.35. The molecule has 0 saturated carbocycles. The van der Waals surface area contributed by atoms with Gasteiger partial charge in [-0.05, 0) is 36.2 Å². The van der Waals surface area contributed by atoms with Crippen LogP contribution in [-0.2, 0) is 11.2 Å². The largest absolute Gasteiger partial charge is 0.478 e. The van der Waals surface area contributed by atoms with Crippen molar-refractivity contribution in [1.82, 2.24) is 0 Å². The third kappa shape index (κ3) is 2.42. The van der Waals surface area contributed by atoms with E-state index >= 15 is 0 Å². The number of benzene rings is 1. The summed E-state index contributed by atoms with van der Waals surface area (Å²) < 4.78 is 6.63. The fraction of sp³-hybridized carbons (Fsp3) is 0.308. The highest BCUT2D eigenvalue weighted by Gasteiger charge is 2.07. The monoisotopic (exact) mass is 233 g/mol. The first-order valence-corrected chi connectivity index (χ1v) is 6.24. The average molecular weight is 233 g/mol. The summed E-state index contributed by atoms with van der Waals surface area (Å²) in [5.74, 6) is 0.346. The summed E-state index contributed by atoms with van der Waals surface area (Å²) >= 11 is 1.72. The van der Waals surface area contributed by atoms with Crippen LogP contribution >= 0.6 is 11.3 Å². The van der Waals surface area contributed by atoms with Gasteiger partial charge in [-0.1, -0.05) is 18.2 Å². The third-order valence-corrected chi connectivity index (χ3v) is 3.30. The van der Waals surface area contributed by atoms with Crippen molar-refractivity contribution in [1.29, 1.82) is 5.41 Å². The molecule has 1 aromatic carbocycles. The predicted molar refractivity (Wildman–Crippen MR) is 69.5 cm³/mol. The van der Waals surface area contributed by atoms with E-state index in [1.807, 2.05) is 26.0 Å². The molecule has 0 aliphatic heterocycles. The molecule has 0 spiro atoms. The molecule has 2 rings (SSSR count). The number of thiophene rings is 1. The van der Waals surface area contributed by atoms with Gasteiger partial charge in [0.25, 0.3) is 0 Å². The summed E-state index contributed by atoms with van der Waals surface area (Å²) in [7, 11) is 0. The van der Waals surface area contributed by atoms with Gasteiger partial charge in [-0.15, -0.1) is 11.3 Å². The number of nitrogens with one attached hydrogen (secondary N) is 1. The van der Waals surface area contributed by atoms with E-state index in [1.165, 1.54) is 15.6 Å². The zero-order valence-corrected chi connectivity index (χ0v) is 10.3. The Balaban J connectivity index is 2.18. The quantitative estimate of drug-likeness (QED) is 0.634. The summed E-state index contributed by atoms with van der Waals surface area (Å²) in [6, 6.07) is 8.28. The van der Waals surface area contributed by atoms with Gasteiger partial charge in [0.1, 0.15) is 0 Å². The molecule has 0 amide bonds. The minimum absolute atomic E-state index is 0.0809. The first-order valence-electron chi connectivity index (χ1n) is 5.36. The van der Waals surface area contributed by atoms with Crippen molar-refractivity contribution in [3.63, 3.8) is 0 Å². The molecule has 16 heavy (non-hydrogen) atoms. The van der Waals surface area contributed by atoms with E-state index in [0.717, 1.165) is 0 Å². The van der Waals surface area contributed by atoms with Crippen molar-refractivity contribution >= 4 is 27.3 Å². The minimum atomic E-state index is 0.0809. The molecule has 3 heteroatoms. The first kappa shape index (κ1) is 11.1. The van der Waals surface area contributed by atoms with E-state index in [0.29, 0.717) is 12.3 Å². The van der Waals surface area contributed by atoms with E-state index in [2.05, 4.69) is 17.5 Å². The smallest absolute Gasteiger partial charge is 0.185 e. The van der Waals surface area contributed by atoms with E-state index in [1.54, 1.807) is 11.3 Å². The molecule has 1 heterocycles. The van der Waals surface area contributed by atoms with Crippen LogP contribution in [-0.4, -0.2) is 12.0 Å². The van der Waals surface area contributed by atoms with Crippen LogP contribution in [0, 0.1) is 5.41 Å². The molecule has 2 nitrogen and oxygen atoms in total. The maximum atomic E-state index is 7.75. The Kier molecular flexibility index (Phi) is 3.25. The topological polar surface area (TPSA) is 33.1 Å². The Morgan fingerprint density at radius 2 is 2.12 bits per heavy atom. The van der Waals surface area contributed by atoms with Crippen molar-refractivity contribution in [2.45, 2.75) is 26.4 Å². The Bertz CT molecular complexity index is 501. The van der Waals surface area contributed by atoms with Gasteiger partial charge in [-0.2, -0.15) is 0 Å². The second kappa shape index (κ2) is 4.66. The molecular weight excluding hydrogens is 218 g/mol. The third-order valence-electron chi connectivity index (χ3n) is 2.29. The van der Waals surface area contributed by atoms with Crippen LogP contribution in [0.15, 0.2) is 29.6 Å². The molecule has 1 aromatic heterocycles. The maximum absolute atomic E-state index is 7.75. The molecule has 0 aliphatic rings. The number of hydrogen-bond acceptors (Lipinski definition) is 3. The summed E-state index contributed by atoms with van der Waals surface area (Å²) in [6.07, 6.45) is 0.666. The fourth-order valence-electron chi connectivity index (χ4n) is 1.67. The lowest BCUT2D eigenvalue weighted by molar-refractivity contribution is 0.221. The highest BCUT2D eigenvalue weighted by Crippen LogP contribution is 2.26. The minimum Gasteiger partial charge on any atom is -0.478 e. The predicted octanol–water partition coefficient (Wildman–Crippen LogP) is 3.85. The summed E-state index contributed by atoms with van der Waals surface area (Å²) in [6.45, 7) is 3.89. The van der Waals surface area contributed by atoms with Crippen molar-refractivity contribution in [3.8, 4) is 0 Å². The van der Waals surface area contributed by atoms with Crippen LogP contribution < -0.4 is 0 Å². The standard InChI is InChI=1S/C13H15NOS/c1-9(2)15-13(14)7-10-8-16-12-6-4-3-5-11(10)12/h3-6,8-9,14H,7H2,1-2H3. The van der Waals surface area contributed by atoms with Crippen LogP contribution in [0.3, 0.4) is 0 Å². The molecular formula is C13H15NOS. The van der Waals surface area contributed by atoms with Gasteiger partial charge < -0.3 is 4.74 Å². The number of hydrogen-bond donors (Lipinski definition) is 1. The lowest BCUT2D eigenvalue weighted by Gasteiger charge is -2.09. The number of ether oxygens (including phenoxy) is 1. The maximum Gasteiger partial charge on any atom is 0.185 e. The normalized spacial score (nSPS) is 10.9. The summed E-state index contributed by atoms with van der Waals surface area (Å²) in [5, 5.41) is 11.1. The van der Waals surface area contributed by atoms with Crippen LogP contribution in [0.4, 0.5) is 0 Å². The van der Waals surface area contributed by atoms with Gasteiger partial charge in [0, 0.05) is 11.1 Å². The van der Waals surface area contributed by atoms with Gasteiger partial charge in [0.05, 0.1) is 6.10 Å². The number of fused-ring (bicyclic) bond motifs is 1. The highest BCUT2D eigenvalue weighted by molar-refractivity contribution is 7.17. The Labute approximate surface area is 99.4 Å². The SMILES string of the molecule is CC(C)OC(=N)Cc1csc2ccccc12. The van der Waals surface area contributed by atoms with E-state index in [-0.39, 0.29) is 6.10 Å². The molecule has 0 bridgehead atoms.